The summed E-state index contributed by atoms with van der Waals surface area (Å²) in [6.07, 6.45) is 9.20. The van der Waals surface area contributed by atoms with E-state index >= 15 is 0 Å². The first-order valence-corrected chi connectivity index (χ1v) is 13.7. The standard InChI is InChI=1S/C26H30F2O5S/c27-20-5-3-18(4-6-20)25(24(29)30)9-11-26(12-10-25,33-16-17-1-2-17)19-13-21(28)15-23(14-19)34(31,32)22-7-8-22/h3,5-6,13-15,17-18,22H,1-2,4,7-12,16H2,(H,29,30). The van der Waals surface area contributed by atoms with Gasteiger partial charge < -0.3 is 9.84 Å². The lowest BCUT2D eigenvalue weighted by Crippen LogP contribution is -2.47. The fraction of sp³-hybridized carbons (Fsp3) is 0.577. The maximum absolute atomic E-state index is 14.7. The van der Waals surface area contributed by atoms with Crippen LogP contribution in [-0.2, 0) is 25.0 Å². The number of carbonyl (C=O) groups is 1. The van der Waals surface area contributed by atoms with Crippen LogP contribution in [0.1, 0.15) is 63.4 Å². The van der Waals surface area contributed by atoms with Gasteiger partial charge in [0, 0.05) is 0 Å². The van der Waals surface area contributed by atoms with Gasteiger partial charge in [-0.15, -0.1) is 0 Å². The van der Waals surface area contributed by atoms with E-state index in [0.717, 1.165) is 18.9 Å². The summed E-state index contributed by atoms with van der Waals surface area (Å²) in [6, 6.07) is 3.95. The number of hydrogen-bond acceptors (Lipinski definition) is 4. The van der Waals surface area contributed by atoms with E-state index in [-0.39, 0.29) is 29.5 Å². The molecule has 3 fully saturated rings. The summed E-state index contributed by atoms with van der Waals surface area (Å²) in [4.78, 5) is 12.5. The lowest BCUT2D eigenvalue weighted by atomic mass is 9.60. The van der Waals surface area contributed by atoms with E-state index in [4.69, 9.17) is 4.74 Å². The molecule has 3 saturated carbocycles. The number of allylic oxidation sites excluding steroid dienone is 4. The predicted molar refractivity (Wildman–Crippen MR) is 122 cm³/mol. The molecule has 1 atom stereocenters. The van der Waals surface area contributed by atoms with E-state index in [9.17, 15) is 27.1 Å². The highest BCUT2D eigenvalue weighted by molar-refractivity contribution is 7.92. The maximum atomic E-state index is 14.7. The number of carboxylic acid groups (broad SMARTS) is 1. The number of carboxylic acids is 1. The van der Waals surface area contributed by atoms with Crippen LogP contribution in [0.5, 0.6) is 0 Å². The molecule has 4 aliphatic carbocycles. The van der Waals surface area contributed by atoms with Crippen LogP contribution in [0.15, 0.2) is 47.1 Å². The second kappa shape index (κ2) is 8.55. The fourth-order valence-corrected chi connectivity index (χ4v) is 7.20. The number of halogens is 2. The van der Waals surface area contributed by atoms with Crippen LogP contribution in [0.3, 0.4) is 0 Å². The Hall–Kier alpha value is -2.06. The molecule has 0 heterocycles. The van der Waals surface area contributed by atoms with Crippen LogP contribution in [0.2, 0.25) is 0 Å². The monoisotopic (exact) mass is 492 g/mol. The Bertz CT molecular complexity index is 1140. The van der Waals surface area contributed by atoms with Crippen molar-refractivity contribution in [2.45, 2.75) is 73.5 Å². The highest BCUT2D eigenvalue weighted by Crippen LogP contribution is 2.54. The SMILES string of the molecule is O=C(O)C1(C2C=CC(F)=CC2)CCC(OCC2CC2)(c2cc(F)cc(S(=O)(=O)C3CC3)c2)CC1. The Kier molecular flexibility index (Phi) is 5.96. The van der Waals surface area contributed by atoms with Crippen molar-refractivity contribution in [3.63, 3.8) is 0 Å². The minimum Gasteiger partial charge on any atom is -0.481 e. The molecule has 5 rings (SSSR count). The first kappa shape index (κ1) is 23.7. The third kappa shape index (κ3) is 4.35. The molecule has 0 bridgehead atoms. The first-order chi connectivity index (χ1) is 16.1. The Morgan fingerprint density at radius 1 is 1.06 bits per heavy atom. The molecule has 184 valence electrons. The lowest BCUT2D eigenvalue weighted by molar-refractivity contribution is -0.163. The molecule has 0 aromatic heterocycles. The van der Waals surface area contributed by atoms with Crippen molar-refractivity contribution in [1.82, 2.24) is 0 Å². The molecule has 5 nitrogen and oxygen atoms in total. The van der Waals surface area contributed by atoms with E-state index < -0.39 is 37.9 Å². The molecular formula is C26H30F2O5S. The molecule has 34 heavy (non-hydrogen) atoms. The zero-order chi connectivity index (χ0) is 24.1. The van der Waals surface area contributed by atoms with E-state index in [1.165, 1.54) is 24.3 Å². The summed E-state index contributed by atoms with van der Waals surface area (Å²) in [5.74, 6) is -1.83. The zero-order valence-electron chi connectivity index (χ0n) is 19.0. The molecule has 0 saturated heterocycles. The van der Waals surface area contributed by atoms with Crippen molar-refractivity contribution in [2.24, 2.45) is 17.3 Å². The van der Waals surface area contributed by atoms with Gasteiger partial charge in [-0.2, -0.15) is 0 Å². The van der Waals surface area contributed by atoms with Crippen LogP contribution in [0.25, 0.3) is 0 Å². The zero-order valence-corrected chi connectivity index (χ0v) is 19.8. The largest absolute Gasteiger partial charge is 0.481 e. The second-order valence-corrected chi connectivity index (χ2v) is 12.6. The number of aliphatic carboxylic acids is 1. The van der Waals surface area contributed by atoms with Crippen molar-refractivity contribution in [1.29, 1.82) is 0 Å². The maximum Gasteiger partial charge on any atom is 0.310 e. The van der Waals surface area contributed by atoms with Gasteiger partial charge in [0.25, 0.3) is 0 Å². The van der Waals surface area contributed by atoms with Crippen LogP contribution in [-0.4, -0.2) is 31.4 Å². The van der Waals surface area contributed by atoms with Crippen LogP contribution in [0, 0.1) is 23.1 Å². The number of benzene rings is 1. The van der Waals surface area contributed by atoms with Crippen LogP contribution in [0.4, 0.5) is 8.78 Å². The van der Waals surface area contributed by atoms with Crippen molar-refractivity contribution in [2.75, 3.05) is 6.61 Å². The molecule has 1 unspecified atom stereocenters. The van der Waals surface area contributed by atoms with E-state index in [1.54, 1.807) is 6.08 Å². The van der Waals surface area contributed by atoms with Crippen molar-refractivity contribution in [3.8, 4) is 0 Å². The molecule has 8 heteroatoms. The first-order valence-electron chi connectivity index (χ1n) is 12.1. The highest BCUT2D eigenvalue weighted by Gasteiger charge is 2.52. The summed E-state index contributed by atoms with van der Waals surface area (Å²) >= 11 is 0. The lowest BCUT2D eigenvalue weighted by Gasteiger charge is -2.47. The summed E-state index contributed by atoms with van der Waals surface area (Å²) in [7, 11) is -3.59. The molecule has 0 amide bonds. The van der Waals surface area contributed by atoms with Gasteiger partial charge in [-0.05, 0) is 106 Å². The Morgan fingerprint density at radius 2 is 1.76 bits per heavy atom. The van der Waals surface area contributed by atoms with Crippen LogP contribution >= 0.6 is 0 Å². The average molecular weight is 493 g/mol. The van der Waals surface area contributed by atoms with Gasteiger partial charge in [-0.1, -0.05) is 6.08 Å². The second-order valence-electron chi connectivity index (χ2n) is 10.4. The Balaban J connectivity index is 1.48. The smallest absolute Gasteiger partial charge is 0.310 e. The number of hydrogen-bond donors (Lipinski definition) is 1. The normalized spacial score (nSPS) is 31.8. The van der Waals surface area contributed by atoms with Crippen molar-refractivity contribution >= 4 is 15.8 Å². The molecule has 0 radical (unpaired) electrons. The van der Waals surface area contributed by atoms with Gasteiger partial charge in [0.15, 0.2) is 9.84 Å². The molecule has 0 aliphatic heterocycles. The van der Waals surface area contributed by atoms with Crippen molar-refractivity contribution < 1.29 is 31.8 Å². The van der Waals surface area contributed by atoms with Gasteiger partial charge in [-0.3, -0.25) is 4.79 Å². The minimum absolute atomic E-state index is 0.0229. The van der Waals surface area contributed by atoms with Gasteiger partial charge >= 0.3 is 5.97 Å². The fourth-order valence-electron chi connectivity index (χ4n) is 5.49. The molecule has 1 aromatic carbocycles. The van der Waals surface area contributed by atoms with E-state index in [1.807, 2.05) is 0 Å². The number of sulfone groups is 1. The van der Waals surface area contributed by atoms with E-state index in [2.05, 4.69) is 0 Å². The summed E-state index contributed by atoms with van der Waals surface area (Å²) in [5, 5.41) is 9.75. The summed E-state index contributed by atoms with van der Waals surface area (Å²) in [5.41, 5.74) is -1.55. The molecule has 4 aliphatic rings. The van der Waals surface area contributed by atoms with Crippen LogP contribution < -0.4 is 0 Å². The number of ether oxygens (including phenoxy) is 1. The third-order valence-corrected chi connectivity index (χ3v) is 10.4. The molecule has 1 aromatic rings. The highest BCUT2D eigenvalue weighted by atomic mass is 32.2. The minimum atomic E-state index is -3.59. The quantitative estimate of drug-likeness (QED) is 0.521. The molecular weight excluding hydrogens is 462 g/mol. The topological polar surface area (TPSA) is 80.7 Å². The predicted octanol–water partition coefficient (Wildman–Crippen LogP) is 5.46. The summed E-state index contributed by atoms with van der Waals surface area (Å²) in [6.45, 7) is 0.485. The Labute approximate surface area is 198 Å². The molecule has 1 N–H and O–H groups in total. The third-order valence-electron chi connectivity index (χ3n) is 8.12. The average Bonchev–Trinajstić information content (AvgIpc) is 3.71. The van der Waals surface area contributed by atoms with E-state index in [0.29, 0.717) is 50.2 Å². The van der Waals surface area contributed by atoms with Crippen molar-refractivity contribution in [3.05, 3.63) is 53.6 Å². The molecule has 0 spiro atoms. The number of rotatable bonds is 8. The van der Waals surface area contributed by atoms with Gasteiger partial charge in [0.2, 0.25) is 0 Å². The summed E-state index contributed by atoms with van der Waals surface area (Å²) < 4.78 is 60.4. The van der Waals surface area contributed by atoms with Gasteiger partial charge in [0.05, 0.1) is 27.8 Å². The Morgan fingerprint density at radius 3 is 2.32 bits per heavy atom. The van der Waals surface area contributed by atoms with Gasteiger partial charge in [0.1, 0.15) is 11.6 Å². The van der Waals surface area contributed by atoms with Gasteiger partial charge in [-0.25, -0.2) is 17.2 Å².